The summed E-state index contributed by atoms with van der Waals surface area (Å²) in [6, 6.07) is 21.8. The third kappa shape index (κ3) is 3.51. The lowest BCUT2D eigenvalue weighted by Gasteiger charge is -2.07. The predicted molar refractivity (Wildman–Crippen MR) is 81.0 cm³/mol. The highest BCUT2D eigenvalue weighted by Crippen LogP contribution is 2.21. The molecular formula is C18H11N3O. The van der Waals surface area contributed by atoms with Crippen molar-refractivity contribution in [1.29, 1.82) is 15.8 Å². The molecule has 0 aliphatic heterocycles. The zero-order chi connectivity index (χ0) is 15.8. The van der Waals surface area contributed by atoms with E-state index >= 15 is 0 Å². The topological polar surface area (TPSA) is 80.6 Å². The Morgan fingerprint density at radius 3 is 2.00 bits per heavy atom. The molecular weight excluding hydrogens is 274 g/mol. The summed E-state index contributed by atoms with van der Waals surface area (Å²) in [6.07, 6.45) is 0. The van der Waals surface area contributed by atoms with Crippen LogP contribution >= 0.6 is 0 Å². The van der Waals surface area contributed by atoms with Gasteiger partial charge in [0.25, 0.3) is 0 Å². The zero-order valence-electron chi connectivity index (χ0n) is 11.7. The van der Waals surface area contributed by atoms with Crippen molar-refractivity contribution in [3.05, 3.63) is 71.3 Å². The van der Waals surface area contributed by atoms with E-state index in [2.05, 4.69) is 0 Å². The van der Waals surface area contributed by atoms with Gasteiger partial charge in [-0.25, -0.2) is 0 Å². The maximum Gasteiger partial charge on any atom is 0.148 e. The lowest BCUT2D eigenvalue weighted by Crippen LogP contribution is -1.95. The van der Waals surface area contributed by atoms with E-state index in [9.17, 15) is 0 Å². The Labute approximate surface area is 128 Å². The molecule has 0 saturated carbocycles. The molecule has 0 aliphatic rings. The molecule has 0 fully saturated rings. The van der Waals surface area contributed by atoms with E-state index in [1.165, 1.54) is 0 Å². The predicted octanol–water partition coefficient (Wildman–Crippen LogP) is 3.59. The quantitative estimate of drug-likeness (QED) is 0.804. The number of nitriles is 3. The van der Waals surface area contributed by atoms with Crippen LogP contribution in [0.3, 0.4) is 0 Å². The van der Waals surface area contributed by atoms with Gasteiger partial charge in [-0.15, -0.1) is 0 Å². The molecule has 0 unspecified atom stereocenters. The minimum Gasteiger partial charge on any atom is -0.489 e. The Hall–Kier alpha value is -3.55. The highest BCUT2D eigenvalue weighted by atomic mass is 16.5. The third-order valence-electron chi connectivity index (χ3n) is 2.98. The molecule has 2 rings (SSSR count). The fourth-order valence-electron chi connectivity index (χ4n) is 1.86. The van der Waals surface area contributed by atoms with Crippen LogP contribution in [0.1, 0.15) is 11.1 Å². The lowest BCUT2D eigenvalue weighted by molar-refractivity contribution is 0.306. The molecule has 0 heterocycles. The first-order valence-electron chi connectivity index (χ1n) is 6.50. The number of benzene rings is 2. The Morgan fingerprint density at radius 1 is 0.818 bits per heavy atom. The highest BCUT2D eigenvalue weighted by Gasteiger charge is 2.08. The van der Waals surface area contributed by atoms with Crippen molar-refractivity contribution < 1.29 is 4.74 Å². The van der Waals surface area contributed by atoms with Crippen LogP contribution in [0.4, 0.5) is 0 Å². The number of hydrogen-bond donors (Lipinski definition) is 0. The van der Waals surface area contributed by atoms with Gasteiger partial charge in [0.1, 0.15) is 36.1 Å². The number of ether oxygens (including phenoxy) is 1. The maximum atomic E-state index is 9.09. The molecule has 0 spiro atoms. The van der Waals surface area contributed by atoms with Crippen molar-refractivity contribution in [3.63, 3.8) is 0 Å². The van der Waals surface area contributed by atoms with Gasteiger partial charge < -0.3 is 4.74 Å². The Kier molecular flexibility index (Phi) is 4.92. The number of nitrogens with zero attached hydrogens (tertiary/aromatic N) is 3. The molecule has 22 heavy (non-hydrogen) atoms. The van der Waals surface area contributed by atoms with Gasteiger partial charge in [0, 0.05) is 0 Å². The van der Waals surface area contributed by atoms with Gasteiger partial charge in [0.15, 0.2) is 0 Å². The van der Waals surface area contributed by atoms with Crippen LogP contribution < -0.4 is 4.74 Å². The SMILES string of the molecule is N#CC(C#N)=C(C#N)c1ccc(OCc2ccccc2)cc1. The van der Waals surface area contributed by atoms with Crippen LogP contribution in [-0.2, 0) is 6.61 Å². The highest BCUT2D eigenvalue weighted by molar-refractivity contribution is 5.84. The van der Waals surface area contributed by atoms with E-state index in [4.69, 9.17) is 20.5 Å². The Balaban J connectivity index is 2.15. The fraction of sp³-hybridized carbons (Fsp3) is 0.0556. The minimum absolute atomic E-state index is 0.0691. The van der Waals surface area contributed by atoms with Crippen molar-refractivity contribution >= 4 is 5.57 Å². The van der Waals surface area contributed by atoms with Crippen LogP contribution in [0, 0.1) is 34.0 Å². The van der Waals surface area contributed by atoms with Gasteiger partial charge in [-0.05, 0) is 35.4 Å². The van der Waals surface area contributed by atoms with E-state index < -0.39 is 0 Å². The summed E-state index contributed by atoms with van der Waals surface area (Å²) < 4.78 is 5.64. The summed E-state index contributed by atoms with van der Waals surface area (Å²) in [7, 11) is 0. The monoisotopic (exact) mass is 285 g/mol. The normalized spacial score (nSPS) is 8.95. The molecule has 0 radical (unpaired) electrons. The third-order valence-corrected chi connectivity index (χ3v) is 2.98. The number of rotatable bonds is 4. The molecule has 0 bridgehead atoms. The van der Waals surface area contributed by atoms with Gasteiger partial charge in [0.2, 0.25) is 0 Å². The summed E-state index contributed by atoms with van der Waals surface area (Å²) in [6.45, 7) is 0.447. The van der Waals surface area contributed by atoms with Crippen molar-refractivity contribution in [1.82, 2.24) is 0 Å². The second-order valence-electron chi connectivity index (χ2n) is 4.38. The molecule has 0 atom stereocenters. The first-order chi connectivity index (χ1) is 10.8. The second-order valence-corrected chi connectivity index (χ2v) is 4.38. The maximum absolute atomic E-state index is 9.09. The summed E-state index contributed by atoms with van der Waals surface area (Å²) in [4.78, 5) is 0. The number of hydrogen-bond acceptors (Lipinski definition) is 4. The average Bonchev–Trinajstić information content (AvgIpc) is 2.59. The summed E-state index contributed by atoms with van der Waals surface area (Å²) in [5.74, 6) is 0.653. The molecule has 0 aliphatic carbocycles. The summed E-state index contributed by atoms with van der Waals surface area (Å²) >= 11 is 0. The van der Waals surface area contributed by atoms with Crippen LogP contribution in [0.2, 0.25) is 0 Å². The van der Waals surface area contributed by atoms with Gasteiger partial charge in [0.05, 0.1) is 5.57 Å². The van der Waals surface area contributed by atoms with Crippen molar-refractivity contribution in [2.75, 3.05) is 0 Å². The summed E-state index contributed by atoms with van der Waals surface area (Å²) in [5.41, 5.74) is 1.45. The van der Waals surface area contributed by atoms with E-state index in [-0.39, 0.29) is 11.1 Å². The largest absolute Gasteiger partial charge is 0.489 e. The van der Waals surface area contributed by atoms with E-state index in [1.54, 1.807) is 36.4 Å². The Bertz CT molecular complexity index is 785. The summed E-state index contributed by atoms with van der Waals surface area (Å²) in [5, 5.41) is 26.8. The van der Waals surface area contributed by atoms with E-state index in [0.717, 1.165) is 5.56 Å². The standard InChI is InChI=1S/C18H11N3O/c19-10-16(11-20)18(12-21)15-6-8-17(9-7-15)22-13-14-4-2-1-3-5-14/h1-9H,13H2. The van der Waals surface area contributed by atoms with E-state index in [0.29, 0.717) is 17.9 Å². The average molecular weight is 285 g/mol. The smallest absolute Gasteiger partial charge is 0.148 e. The van der Waals surface area contributed by atoms with Crippen molar-refractivity contribution in [3.8, 4) is 24.0 Å². The van der Waals surface area contributed by atoms with Crippen molar-refractivity contribution in [2.45, 2.75) is 6.61 Å². The molecule has 0 N–H and O–H groups in total. The van der Waals surface area contributed by atoms with Crippen LogP contribution in [0.5, 0.6) is 5.75 Å². The zero-order valence-corrected chi connectivity index (χ0v) is 11.7. The Morgan fingerprint density at radius 2 is 1.45 bits per heavy atom. The molecule has 0 aromatic heterocycles. The first kappa shape index (κ1) is 14.9. The molecule has 104 valence electrons. The molecule has 2 aromatic rings. The van der Waals surface area contributed by atoms with Gasteiger partial charge in [-0.1, -0.05) is 30.3 Å². The van der Waals surface area contributed by atoms with Gasteiger partial charge in [-0.3, -0.25) is 0 Å². The fourth-order valence-corrected chi connectivity index (χ4v) is 1.86. The second kappa shape index (κ2) is 7.29. The molecule has 2 aromatic carbocycles. The van der Waals surface area contributed by atoms with Gasteiger partial charge in [-0.2, -0.15) is 15.8 Å². The minimum atomic E-state index is -0.194. The van der Waals surface area contributed by atoms with Gasteiger partial charge >= 0.3 is 0 Å². The first-order valence-corrected chi connectivity index (χ1v) is 6.50. The number of allylic oxidation sites excluding steroid dienone is 2. The van der Waals surface area contributed by atoms with Crippen LogP contribution in [0.25, 0.3) is 5.57 Å². The lowest BCUT2D eigenvalue weighted by atomic mass is 10.0. The van der Waals surface area contributed by atoms with Crippen molar-refractivity contribution in [2.24, 2.45) is 0 Å². The molecule has 0 amide bonds. The molecule has 0 saturated heterocycles. The van der Waals surface area contributed by atoms with Crippen LogP contribution in [0.15, 0.2) is 60.2 Å². The molecule has 4 nitrogen and oxygen atoms in total. The molecule has 4 heteroatoms. The van der Waals surface area contributed by atoms with Crippen LogP contribution in [-0.4, -0.2) is 0 Å². The van der Waals surface area contributed by atoms with E-state index in [1.807, 2.05) is 36.4 Å².